The molecule has 122 valence electrons. The molecule has 0 radical (unpaired) electrons. The number of rotatable bonds is 5. The molecule has 3 N–H and O–H groups in total. The van der Waals surface area contributed by atoms with Crippen LogP contribution in [0.3, 0.4) is 0 Å². The SMILES string of the molecule is COc1ccc(CCNC(=O)NNC(=O)c2ccoc2C)cc1. The van der Waals surface area contributed by atoms with Crippen LogP contribution in [0.25, 0.3) is 0 Å². The highest BCUT2D eigenvalue weighted by molar-refractivity contribution is 5.95. The van der Waals surface area contributed by atoms with Crippen LogP contribution in [0.15, 0.2) is 41.0 Å². The highest BCUT2D eigenvalue weighted by Crippen LogP contribution is 2.11. The van der Waals surface area contributed by atoms with Crippen molar-refractivity contribution in [1.29, 1.82) is 0 Å². The van der Waals surface area contributed by atoms with E-state index in [0.717, 1.165) is 11.3 Å². The first-order chi connectivity index (χ1) is 11.1. The normalized spacial score (nSPS) is 10.0. The molecular weight excluding hydrogens is 298 g/mol. The monoisotopic (exact) mass is 317 g/mol. The van der Waals surface area contributed by atoms with Crippen LogP contribution in [-0.4, -0.2) is 25.6 Å². The maximum Gasteiger partial charge on any atom is 0.333 e. The van der Waals surface area contributed by atoms with Crippen LogP contribution in [0.1, 0.15) is 21.7 Å². The van der Waals surface area contributed by atoms with Crippen LogP contribution < -0.4 is 20.9 Å². The molecule has 7 heteroatoms. The van der Waals surface area contributed by atoms with E-state index in [4.69, 9.17) is 9.15 Å². The van der Waals surface area contributed by atoms with Gasteiger partial charge in [-0.15, -0.1) is 0 Å². The number of urea groups is 1. The van der Waals surface area contributed by atoms with Gasteiger partial charge >= 0.3 is 6.03 Å². The van der Waals surface area contributed by atoms with Crippen molar-refractivity contribution in [3.63, 3.8) is 0 Å². The van der Waals surface area contributed by atoms with E-state index in [1.54, 1.807) is 14.0 Å². The summed E-state index contributed by atoms with van der Waals surface area (Å²) in [4.78, 5) is 23.4. The largest absolute Gasteiger partial charge is 0.497 e. The average Bonchev–Trinajstić information content (AvgIpc) is 2.99. The molecule has 0 fully saturated rings. The number of ether oxygens (including phenoxy) is 1. The highest BCUT2D eigenvalue weighted by atomic mass is 16.5. The maximum absolute atomic E-state index is 11.8. The maximum atomic E-state index is 11.8. The van der Waals surface area contributed by atoms with Crippen molar-refractivity contribution in [1.82, 2.24) is 16.2 Å². The molecule has 7 nitrogen and oxygen atoms in total. The quantitative estimate of drug-likeness (QED) is 0.733. The van der Waals surface area contributed by atoms with Crippen LogP contribution in [0.5, 0.6) is 5.75 Å². The van der Waals surface area contributed by atoms with Gasteiger partial charge in [0, 0.05) is 6.54 Å². The van der Waals surface area contributed by atoms with E-state index < -0.39 is 11.9 Å². The second-order valence-electron chi connectivity index (χ2n) is 4.82. The van der Waals surface area contributed by atoms with Crippen molar-refractivity contribution in [2.24, 2.45) is 0 Å². The Balaban J connectivity index is 1.68. The average molecular weight is 317 g/mol. The van der Waals surface area contributed by atoms with Gasteiger partial charge in [0.2, 0.25) is 0 Å². The predicted molar refractivity (Wildman–Crippen MR) is 84.1 cm³/mol. The Morgan fingerprint density at radius 1 is 1.13 bits per heavy atom. The minimum atomic E-state index is -0.479. The molecule has 0 saturated heterocycles. The second-order valence-corrected chi connectivity index (χ2v) is 4.82. The Labute approximate surface area is 134 Å². The fourth-order valence-corrected chi connectivity index (χ4v) is 1.96. The molecule has 0 saturated carbocycles. The standard InChI is InChI=1S/C16H19N3O4/c1-11-14(8-10-23-11)15(20)18-19-16(21)17-9-7-12-3-5-13(22-2)6-4-12/h3-6,8,10H,7,9H2,1-2H3,(H,18,20)(H2,17,19,21). The number of hydrogen-bond donors (Lipinski definition) is 3. The van der Waals surface area contributed by atoms with Gasteiger partial charge in [0.15, 0.2) is 0 Å². The summed E-state index contributed by atoms with van der Waals surface area (Å²) in [6.45, 7) is 2.11. The molecule has 2 aromatic rings. The number of carbonyl (C=O) groups excluding carboxylic acids is 2. The number of nitrogens with one attached hydrogen (secondary N) is 3. The number of furan rings is 1. The number of carbonyl (C=O) groups is 2. The van der Waals surface area contributed by atoms with Gasteiger partial charge in [-0.1, -0.05) is 12.1 Å². The fraction of sp³-hybridized carbons (Fsp3) is 0.250. The van der Waals surface area contributed by atoms with Gasteiger partial charge in [-0.25, -0.2) is 10.2 Å². The summed E-state index contributed by atoms with van der Waals surface area (Å²) in [7, 11) is 1.61. The summed E-state index contributed by atoms with van der Waals surface area (Å²) in [5, 5.41) is 2.66. The third kappa shape index (κ3) is 4.77. The van der Waals surface area contributed by atoms with E-state index >= 15 is 0 Å². The molecule has 3 amide bonds. The van der Waals surface area contributed by atoms with Crippen LogP contribution in [0.4, 0.5) is 4.79 Å². The van der Waals surface area contributed by atoms with Gasteiger partial charge in [0.05, 0.1) is 18.9 Å². The van der Waals surface area contributed by atoms with Gasteiger partial charge in [-0.05, 0) is 37.1 Å². The van der Waals surface area contributed by atoms with Crippen molar-refractivity contribution < 1.29 is 18.7 Å². The molecule has 23 heavy (non-hydrogen) atoms. The topological polar surface area (TPSA) is 92.6 Å². The molecular formula is C16H19N3O4. The van der Waals surface area contributed by atoms with Crippen molar-refractivity contribution in [2.45, 2.75) is 13.3 Å². The lowest BCUT2D eigenvalue weighted by Crippen LogP contribution is -2.47. The summed E-state index contributed by atoms with van der Waals surface area (Å²) in [5.41, 5.74) is 6.05. The second kappa shape index (κ2) is 7.88. The van der Waals surface area contributed by atoms with Crippen molar-refractivity contribution in [3.8, 4) is 5.75 Å². The summed E-state index contributed by atoms with van der Waals surface area (Å²) in [6.07, 6.45) is 2.09. The number of aryl methyl sites for hydroxylation is 1. The number of hydrogen-bond acceptors (Lipinski definition) is 4. The molecule has 0 aliphatic rings. The first-order valence-electron chi connectivity index (χ1n) is 7.11. The summed E-state index contributed by atoms with van der Waals surface area (Å²) >= 11 is 0. The highest BCUT2D eigenvalue weighted by Gasteiger charge is 2.11. The lowest BCUT2D eigenvalue weighted by molar-refractivity contribution is 0.0934. The van der Waals surface area contributed by atoms with Crippen molar-refractivity contribution in [2.75, 3.05) is 13.7 Å². The Bertz CT molecular complexity index is 664. The van der Waals surface area contributed by atoms with E-state index in [-0.39, 0.29) is 0 Å². The molecule has 1 heterocycles. The van der Waals surface area contributed by atoms with E-state index in [1.165, 1.54) is 12.3 Å². The van der Waals surface area contributed by atoms with E-state index in [9.17, 15) is 9.59 Å². The van der Waals surface area contributed by atoms with Gasteiger partial charge in [-0.3, -0.25) is 10.2 Å². The van der Waals surface area contributed by atoms with Crippen LogP contribution in [-0.2, 0) is 6.42 Å². The van der Waals surface area contributed by atoms with Crippen molar-refractivity contribution in [3.05, 3.63) is 53.5 Å². The number of benzene rings is 1. The third-order valence-corrected chi connectivity index (χ3v) is 3.25. The Hall–Kier alpha value is -2.96. The first-order valence-corrected chi connectivity index (χ1v) is 7.11. The molecule has 1 aromatic carbocycles. The zero-order valence-corrected chi connectivity index (χ0v) is 13.0. The third-order valence-electron chi connectivity index (χ3n) is 3.25. The fourth-order valence-electron chi connectivity index (χ4n) is 1.96. The number of hydrazine groups is 1. The molecule has 0 aliphatic heterocycles. The predicted octanol–water partition coefficient (Wildman–Crippen LogP) is 1.78. The van der Waals surface area contributed by atoms with Gasteiger partial charge in [0.1, 0.15) is 11.5 Å². The Morgan fingerprint density at radius 2 is 1.87 bits per heavy atom. The van der Waals surface area contributed by atoms with E-state index in [1.807, 2.05) is 24.3 Å². The summed E-state index contributed by atoms with van der Waals surface area (Å²) < 4.78 is 10.1. The van der Waals surface area contributed by atoms with E-state index in [2.05, 4.69) is 16.2 Å². The van der Waals surface area contributed by atoms with Crippen LogP contribution >= 0.6 is 0 Å². The molecule has 0 atom stereocenters. The summed E-state index contributed by atoms with van der Waals surface area (Å²) in [5.74, 6) is 0.850. The molecule has 2 rings (SSSR count). The molecule has 0 unspecified atom stereocenters. The Morgan fingerprint density at radius 3 is 2.48 bits per heavy atom. The van der Waals surface area contributed by atoms with Gasteiger partial charge in [0.25, 0.3) is 5.91 Å². The smallest absolute Gasteiger partial charge is 0.333 e. The lowest BCUT2D eigenvalue weighted by atomic mass is 10.1. The molecule has 1 aromatic heterocycles. The lowest BCUT2D eigenvalue weighted by Gasteiger charge is -2.09. The minimum Gasteiger partial charge on any atom is -0.497 e. The van der Waals surface area contributed by atoms with Gasteiger partial charge in [-0.2, -0.15) is 0 Å². The van der Waals surface area contributed by atoms with Gasteiger partial charge < -0.3 is 14.5 Å². The first kappa shape index (κ1) is 16.4. The van der Waals surface area contributed by atoms with E-state index in [0.29, 0.717) is 24.3 Å². The van der Waals surface area contributed by atoms with Crippen LogP contribution in [0.2, 0.25) is 0 Å². The molecule has 0 aliphatic carbocycles. The van der Waals surface area contributed by atoms with Crippen LogP contribution in [0, 0.1) is 6.92 Å². The minimum absolute atomic E-state index is 0.378. The summed E-state index contributed by atoms with van der Waals surface area (Å²) in [6, 6.07) is 8.65. The number of methoxy groups -OCH3 is 1. The zero-order valence-electron chi connectivity index (χ0n) is 13.0. The number of amides is 3. The Kier molecular flexibility index (Phi) is 5.62. The zero-order chi connectivity index (χ0) is 16.7. The molecule has 0 spiro atoms. The van der Waals surface area contributed by atoms with Crippen molar-refractivity contribution >= 4 is 11.9 Å². The molecule has 0 bridgehead atoms.